The van der Waals surface area contributed by atoms with Crippen LogP contribution in [-0.4, -0.2) is 44.0 Å². The number of hydrogen-bond acceptors (Lipinski definition) is 4. The van der Waals surface area contributed by atoms with Crippen molar-refractivity contribution in [2.45, 2.75) is 32.3 Å². The molecule has 0 fully saturated rings. The first kappa shape index (κ1) is 8.25. The fraction of sp³-hybridized carbons (Fsp3) is 0.600. The van der Waals surface area contributed by atoms with E-state index in [0.717, 1.165) is 5.56 Å². The molecule has 1 aromatic rings. The number of aliphatic hydroxyl groups excluding tert-OH is 1. The Labute approximate surface area is 125 Å². The molecule has 19 heavy (non-hydrogen) atoms. The molecule has 0 aliphatic rings. The normalized spacial score (nSPS) is 22.5. The van der Waals surface area contributed by atoms with Crippen LogP contribution < -0.4 is 10.1 Å². The van der Waals surface area contributed by atoms with Crippen molar-refractivity contribution in [3.8, 4) is 5.75 Å². The second-order valence-electron chi connectivity index (χ2n) is 4.21. The molecule has 0 saturated heterocycles. The van der Waals surface area contributed by atoms with Crippen molar-refractivity contribution in [1.29, 1.82) is 0 Å². The Morgan fingerprint density at radius 1 is 1.42 bits per heavy atom. The smallest absolute Gasteiger partial charge is 0.119 e. The van der Waals surface area contributed by atoms with Gasteiger partial charge in [-0.05, 0) is 24.1 Å². The molecule has 0 radical (unpaired) electrons. The van der Waals surface area contributed by atoms with E-state index in [2.05, 4.69) is 5.32 Å². The summed E-state index contributed by atoms with van der Waals surface area (Å²) in [6.07, 6.45) is -0.531. The average Bonchev–Trinajstić information content (AvgIpc) is 2.50. The third-order valence-electron chi connectivity index (χ3n) is 2.46. The van der Waals surface area contributed by atoms with E-state index in [9.17, 15) is 5.11 Å². The van der Waals surface area contributed by atoms with Crippen LogP contribution in [0, 0.1) is 0 Å². The Bertz CT molecular complexity index is 544. The zero-order chi connectivity index (χ0) is 20.0. The van der Waals surface area contributed by atoms with E-state index in [1.165, 1.54) is 6.92 Å². The molecule has 1 rings (SSSR count). The molecule has 1 aromatic carbocycles. The molecular formula is C15H25NO3. The maximum Gasteiger partial charge on any atom is 0.119 e. The van der Waals surface area contributed by atoms with Gasteiger partial charge in [-0.3, -0.25) is 0 Å². The Balaban J connectivity index is 2.36. The summed E-state index contributed by atoms with van der Waals surface area (Å²) in [6, 6.07) is 5.03. The van der Waals surface area contributed by atoms with Gasteiger partial charge in [-0.25, -0.2) is 0 Å². The molecule has 0 aliphatic carbocycles. The van der Waals surface area contributed by atoms with Crippen molar-refractivity contribution >= 4 is 0 Å². The summed E-state index contributed by atoms with van der Waals surface area (Å²) in [7, 11) is -2.40. The second-order valence-corrected chi connectivity index (χ2v) is 4.21. The second kappa shape index (κ2) is 8.91. The van der Waals surface area contributed by atoms with Gasteiger partial charge in [0, 0.05) is 25.1 Å². The van der Waals surface area contributed by atoms with Crippen LogP contribution in [0.4, 0.5) is 0 Å². The highest BCUT2D eigenvalue weighted by atomic mass is 16.5. The van der Waals surface area contributed by atoms with E-state index in [4.69, 9.17) is 19.1 Å². The lowest BCUT2D eigenvalue weighted by molar-refractivity contribution is 0.104. The maximum atomic E-state index is 9.86. The van der Waals surface area contributed by atoms with Crippen LogP contribution in [0.5, 0.6) is 5.75 Å². The number of benzene rings is 1. The first-order valence-corrected chi connectivity index (χ1v) is 6.09. The Kier molecular flexibility index (Phi) is 3.87. The first-order chi connectivity index (χ1) is 11.8. The molecule has 0 saturated carbocycles. The van der Waals surface area contributed by atoms with Crippen molar-refractivity contribution in [3.63, 3.8) is 0 Å². The molecule has 4 heteroatoms. The zero-order valence-electron chi connectivity index (χ0n) is 18.0. The van der Waals surface area contributed by atoms with Gasteiger partial charge in [-0.2, -0.15) is 0 Å². The summed E-state index contributed by atoms with van der Waals surface area (Å²) in [5.74, 6) is 0.508. The number of methoxy groups -OCH3 is 1. The van der Waals surface area contributed by atoms with Crippen molar-refractivity contribution in [2.24, 2.45) is 0 Å². The minimum absolute atomic E-state index is 0.0639. The molecule has 0 aromatic heterocycles. The van der Waals surface area contributed by atoms with Gasteiger partial charge in [0.15, 0.2) is 0 Å². The molecule has 2 N–H and O–H groups in total. The minimum atomic E-state index is -2.51. The van der Waals surface area contributed by atoms with Gasteiger partial charge in [0.25, 0.3) is 0 Å². The minimum Gasteiger partial charge on any atom is -0.491 e. The molecule has 108 valence electrons. The van der Waals surface area contributed by atoms with Gasteiger partial charge >= 0.3 is 0 Å². The number of nitrogens with one attached hydrogen (secondary N) is 1. The highest BCUT2D eigenvalue weighted by molar-refractivity contribution is 5.27. The van der Waals surface area contributed by atoms with Crippen molar-refractivity contribution in [2.75, 3.05) is 26.8 Å². The number of ether oxygens (including phenoxy) is 2. The predicted molar refractivity (Wildman–Crippen MR) is 76.7 cm³/mol. The molecule has 0 heterocycles. The van der Waals surface area contributed by atoms with E-state index in [1.807, 2.05) is 0 Å². The lowest BCUT2D eigenvalue weighted by atomic mass is 10.1. The summed E-state index contributed by atoms with van der Waals surface area (Å²) in [5, 5.41) is 12.4. The highest BCUT2D eigenvalue weighted by Gasteiger charge is 2.05. The van der Waals surface area contributed by atoms with Crippen molar-refractivity contribution in [1.82, 2.24) is 5.32 Å². The first-order valence-electron chi connectivity index (χ1n) is 9.59. The predicted octanol–water partition coefficient (Wildman–Crippen LogP) is 1.61. The van der Waals surface area contributed by atoms with E-state index < -0.39 is 26.0 Å². The molecule has 0 bridgehead atoms. The molecule has 0 amide bonds. The molecule has 4 nitrogen and oxygen atoms in total. The monoisotopic (exact) mass is 274 g/mol. The van der Waals surface area contributed by atoms with Crippen LogP contribution in [0.3, 0.4) is 0 Å². The van der Waals surface area contributed by atoms with E-state index in [1.54, 1.807) is 24.3 Å². The maximum absolute atomic E-state index is 9.86. The standard InChI is InChI=1S/C15H25NO3/c1-12(2)16-10-14(17)11-19-15-6-4-13(5-7-15)8-9-18-3/h4-7,12,14,16-17H,8-11H2,1-3H3/i1D3,3D3,12D. The lowest BCUT2D eigenvalue weighted by Gasteiger charge is -2.15. The van der Waals surface area contributed by atoms with E-state index in [-0.39, 0.29) is 19.8 Å². The molecule has 2 atom stereocenters. The van der Waals surface area contributed by atoms with Gasteiger partial charge in [0.2, 0.25) is 0 Å². The molecule has 0 aliphatic heterocycles. The van der Waals surface area contributed by atoms with Gasteiger partial charge in [0.05, 0.1) is 10.7 Å². The van der Waals surface area contributed by atoms with Crippen LogP contribution in [0.2, 0.25) is 0 Å². The SMILES string of the molecule is [2H]C([2H])([2H])OCCc1ccc(OCC(O)CNC([2H])(C)C([2H])([2H])[2H])cc1. The van der Waals surface area contributed by atoms with Gasteiger partial charge in [-0.15, -0.1) is 0 Å². The average molecular weight is 274 g/mol. The third kappa shape index (κ3) is 7.15. The van der Waals surface area contributed by atoms with Crippen LogP contribution in [0.25, 0.3) is 0 Å². The van der Waals surface area contributed by atoms with Crippen LogP contribution in [0.1, 0.15) is 28.9 Å². The molecule has 0 spiro atoms. The van der Waals surface area contributed by atoms with E-state index in [0.29, 0.717) is 12.2 Å². The number of rotatable bonds is 9. The van der Waals surface area contributed by atoms with Crippen LogP contribution in [0.15, 0.2) is 24.3 Å². The van der Waals surface area contributed by atoms with Crippen molar-refractivity contribution in [3.05, 3.63) is 29.8 Å². The Morgan fingerprint density at radius 2 is 2.21 bits per heavy atom. The lowest BCUT2D eigenvalue weighted by Crippen LogP contribution is -2.35. The highest BCUT2D eigenvalue weighted by Crippen LogP contribution is 2.12. The quantitative estimate of drug-likeness (QED) is 0.718. The zero-order valence-corrected chi connectivity index (χ0v) is 11.0. The molecular weight excluding hydrogens is 242 g/mol. The van der Waals surface area contributed by atoms with Gasteiger partial charge in [0.1, 0.15) is 18.5 Å². The largest absolute Gasteiger partial charge is 0.491 e. The number of hydrogen-bond donors (Lipinski definition) is 2. The van der Waals surface area contributed by atoms with Crippen LogP contribution in [-0.2, 0) is 11.2 Å². The topological polar surface area (TPSA) is 50.7 Å². The summed E-state index contributed by atoms with van der Waals surface area (Å²) < 4.78 is 60.4. The summed E-state index contributed by atoms with van der Waals surface area (Å²) in [6.45, 7) is -1.36. The Morgan fingerprint density at radius 3 is 2.89 bits per heavy atom. The molecule has 2 unspecified atom stereocenters. The Hall–Kier alpha value is -1.10. The van der Waals surface area contributed by atoms with Gasteiger partial charge in [-0.1, -0.05) is 25.9 Å². The van der Waals surface area contributed by atoms with E-state index >= 15 is 0 Å². The summed E-state index contributed by atoms with van der Waals surface area (Å²) in [4.78, 5) is 0. The fourth-order valence-electron chi connectivity index (χ4n) is 1.44. The number of aliphatic hydroxyl groups is 1. The van der Waals surface area contributed by atoms with Crippen LogP contribution >= 0.6 is 0 Å². The summed E-state index contributed by atoms with van der Waals surface area (Å²) in [5.41, 5.74) is 0.881. The van der Waals surface area contributed by atoms with Gasteiger partial charge < -0.3 is 19.9 Å². The third-order valence-corrected chi connectivity index (χ3v) is 2.46. The fourth-order valence-corrected chi connectivity index (χ4v) is 1.44. The van der Waals surface area contributed by atoms with Crippen molar-refractivity contribution < 1.29 is 24.2 Å². The summed E-state index contributed by atoms with van der Waals surface area (Å²) >= 11 is 0.